The van der Waals surface area contributed by atoms with Gasteiger partial charge >= 0.3 is 6.03 Å². The molecule has 21 heavy (non-hydrogen) atoms. The normalized spacial score (nSPS) is 11.9. The molecule has 1 unspecified atom stereocenters. The smallest absolute Gasteiger partial charge is 0.314 e. The van der Waals surface area contributed by atoms with Crippen molar-refractivity contribution >= 4 is 17.4 Å². The molecule has 0 fully saturated rings. The number of urea groups is 1. The highest BCUT2D eigenvalue weighted by atomic mass is 32.1. The van der Waals surface area contributed by atoms with E-state index in [1.165, 1.54) is 22.5 Å². The molecule has 1 heterocycles. The first kappa shape index (κ1) is 15.5. The maximum atomic E-state index is 11.6. The molecule has 0 aliphatic carbocycles. The fourth-order valence-corrected chi connectivity index (χ4v) is 2.62. The molecule has 2 rings (SSSR count). The highest BCUT2D eigenvalue weighted by Crippen LogP contribution is 2.14. The molecule has 2 aromatic rings. The SMILES string of the molecule is Cc1ccc(CCNC(=O)NCC(O)c2ccsc2)cc1. The molecule has 0 aliphatic heterocycles. The molecular formula is C16H20N2O2S. The van der Waals surface area contributed by atoms with Gasteiger partial charge in [-0.2, -0.15) is 11.3 Å². The molecule has 4 nitrogen and oxygen atoms in total. The third-order valence-electron chi connectivity index (χ3n) is 3.20. The minimum atomic E-state index is -0.654. The fourth-order valence-electron chi connectivity index (χ4n) is 1.91. The molecule has 3 N–H and O–H groups in total. The number of aliphatic hydroxyl groups excluding tert-OH is 1. The second kappa shape index (κ2) is 7.81. The third kappa shape index (κ3) is 5.21. The molecule has 1 atom stereocenters. The van der Waals surface area contributed by atoms with Crippen molar-refractivity contribution in [1.29, 1.82) is 0 Å². The fraction of sp³-hybridized carbons (Fsp3) is 0.312. The van der Waals surface area contributed by atoms with Gasteiger partial charge in [0.05, 0.1) is 6.10 Å². The Balaban J connectivity index is 1.64. The quantitative estimate of drug-likeness (QED) is 0.768. The lowest BCUT2D eigenvalue weighted by atomic mass is 10.1. The van der Waals surface area contributed by atoms with Crippen molar-refractivity contribution in [2.24, 2.45) is 0 Å². The summed E-state index contributed by atoms with van der Waals surface area (Å²) in [5.41, 5.74) is 3.26. The maximum absolute atomic E-state index is 11.6. The molecule has 0 saturated carbocycles. The van der Waals surface area contributed by atoms with E-state index in [2.05, 4.69) is 34.9 Å². The zero-order chi connectivity index (χ0) is 15.1. The lowest BCUT2D eigenvalue weighted by Gasteiger charge is -2.11. The van der Waals surface area contributed by atoms with Gasteiger partial charge in [0.25, 0.3) is 0 Å². The molecule has 0 aliphatic rings. The van der Waals surface area contributed by atoms with Crippen LogP contribution in [0.25, 0.3) is 0 Å². The Labute approximate surface area is 128 Å². The van der Waals surface area contributed by atoms with Crippen LogP contribution >= 0.6 is 11.3 Å². The van der Waals surface area contributed by atoms with E-state index >= 15 is 0 Å². The Kier molecular flexibility index (Phi) is 5.78. The number of carbonyl (C=O) groups is 1. The zero-order valence-electron chi connectivity index (χ0n) is 12.0. The Morgan fingerprint density at radius 2 is 2.00 bits per heavy atom. The van der Waals surface area contributed by atoms with Crippen molar-refractivity contribution in [2.75, 3.05) is 13.1 Å². The zero-order valence-corrected chi connectivity index (χ0v) is 12.8. The van der Waals surface area contributed by atoms with E-state index in [1.54, 1.807) is 0 Å². The van der Waals surface area contributed by atoms with Gasteiger partial charge in [-0.15, -0.1) is 0 Å². The van der Waals surface area contributed by atoms with Gasteiger partial charge in [-0.1, -0.05) is 29.8 Å². The van der Waals surface area contributed by atoms with E-state index in [1.807, 2.05) is 23.8 Å². The average Bonchev–Trinajstić information content (AvgIpc) is 3.01. The van der Waals surface area contributed by atoms with Crippen LogP contribution in [0.3, 0.4) is 0 Å². The lowest BCUT2D eigenvalue weighted by molar-refractivity contribution is 0.173. The summed E-state index contributed by atoms with van der Waals surface area (Å²) in [6.45, 7) is 2.84. The van der Waals surface area contributed by atoms with E-state index in [0.29, 0.717) is 6.54 Å². The lowest BCUT2D eigenvalue weighted by Crippen LogP contribution is -2.38. The molecule has 2 amide bonds. The standard InChI is InChI=1S/C16H20N2O2S/c1-12-2-4-13(5-3-12)6-8-17-16(20)18-10-15(19)14-7-9-21-11-14/h2-5,7,9,11,15,19H,6,8,10H2,1H3,(H2,17,18,20). The van der Waals surface area contributed by atoms with Gasteiger partial charge in [-0.3, -0.25) is 0 Å². The number of nitrogens with one attached hydrogen (secondary N) is 2. The Morgan fingerprint density at radius 1 is 1.24 bits per heavy atom. The van der Waals surface area contributed by atoms with Crippen molar-refractivity contribution in [3.05, 3.63) is 57.8 Å². The van der Waals surface area contributed by atoms with Gasteiger partial charge in [0, 0.05) is 13.1 Å². The predicted octanol–water partition coefficient (Wildman–Crippen LogP) is 2.63. The van der Waals surface area contributed by atoms with Crippen LogP contribution in [0, 0.1) is 6.92 Å². The molecule has 1 aromatic heterocycles. The van der Waals surface area contributed by atoms with Crippen LogP contribution in [-0.2, 0) is 6.42 Å². The number of aryl methyl sites for hydroxylation is 1. The first-order valence-corrected chi connectivity index (χ1v) is 7.87. The number of rotatable bonds is 6. The summed E-state index contributed by atoms with van der Waals surface area (Å²) in [4.78, 5) is 11.6. The minimum absolute atomic E-state index is 0.215. The van der Waals surface area contributed by atoms with E-state index in [0.717, 1.165) is 12.0 Å². The van der Waals surface area contributed by atoms with Crippen LogP contribution in [0.2, 0.25) is 0 Å². The number of aliphatic hydroxyl groups is 1. The van der Waals surface area contributed by atoms with Crippen molar-refractivity contribution in [3.8, 4) is 0 Å². The van der Waals surface area contributed by atoms with Crippen molar-refractivity contribution in [3.63, 3.8) is 0 Å². The van der Waals surface area contributed by atoms with Gasteiger partial charge < -0.3 is 15.7 Å². The molecule has 0 saturated heterocycles. The summed E-state index contributed by atoms with van der Waals surface area (Å²) >= 11 is 1.53. The molecular weight excluding hydrogens is 284 g/mol. The highest BCUT2D eigenvalue weighted by Gasteiger charge is 2.09. The summed E-state index contributed by atoms with van der Waals surface area (Å²) in [6, 6.07) is 9.85. The monoisotopic (exact) mass is 304 g/mol. The van der Waals surface area contributed by atoms with E-state index < -0.39 is 6.10 Å². The third-order valence-corrected chi connectivity index (χ3v) is 3.91. The Morgan fingerprint density at radius 3 is 2.67 bits per heavy atom. The van der Waals surface area contributed by atoms with Crippen LogP contribution < -0.4 is 10.6 Å². The van der Waals surface area contributed by atoms with Crippen molar-refractivity contribution < 1.29 is 9.90 Å². The largest absolute Gasteiger partial charge is 0.387 e. The number of hydrogen-bond acceptors (Lipinski definition) is 3. The number of amides is 2. The Hall–Kier alpha value is -1.85. The molecule has 0 bridgehead atoms. The minimum Gasteiger partial charge on any atom is -0.387 e. The van der Waals surface area contributed by atoms with Gasteiger partial charge in [0.1, 0.15) is 0 Å². The second-order valence-corrected chi connectivity index (χ2v) is 5.72. The van der Waals surface area contributed by atoms with E-state index in [4.69, 9.17) is 0 Å². The number of thiophene rings is 1. The van der Waals surface area contributed by atoms with Crippen LogP contribution in [0.5, 0.6) is 0 Å². The van der Waals surface area contributed by atoms with Crippen LogP contribution in [0.4, 0.5) is 4.79 Å². The Bertz CT molecular complexity index is 552. The number of carbonyl (C=O) groups excluding carboxylic acids is 1. The van der Waals surface area contributed by atoms with Gasteiger partial charge in [-0.05, 0) is 41.3 Å². The van der Waals surface area contributed by atoms with Gasteiger partial charge in [0.2, 0.25) is 0 Å². The number of hydrogen-bond donors (Lipinski definition) is 3. The summed E-state index contributed by atoms with van der Waals surface area (Å²) in [5, 5.41) is 19.1. The molecule has 112 valence electrons. The van der Waals surface area contributed by atoms with Crippen LogP contribution in [0.15, 0.2) is 41.1 Å². The summed E-state index contributed by atoms with van der Waals surface area (Å²) < 4.78 is 0. The van der Waals surface area contributed by atoms with E-state index in [9.17, 15) is 9.90 Å². The van der Waals surface area contributed by atoms with E-state index in [-0.39, 0.29) is 12.6 Å². The summed E-state index contributed by atoms with van der Waals surface area (Å²) in [5.74, 6) is 0. The predicted molar refractivity (Wildman–Crippen MR) is 85.6 cm³/mol. The van der Waals surface area contributed by atoms with Crippen LogP contribution in [0.1, 0.15) is 22.8 Å². The van der Waals surface area contributed by atoms with Crippen molar-refractivity contribution in [1.82, 2.24) is 10.6 Å². The highest BCUT2D eigenvalue weighted by molar-refractivity contribution is 7.07. The number of benzene rings is 1. The topological polar surface area (TPSA) is 61.4 Å². The van der Waals surface area contributed by atoms with Gasteiger partial charge in [0.15, 0.2) is 0 Å². The first-order chi connectivity index (χ1) is 10.1. The molecule has 1 aromatic carbocycles. The summed E-state index contributed by atoms with van der Waals surface area (Å²) in [6.07, 6.45) is 0.139. The second-order valence-electron chi connectivity index (χ2n) is 4.94. The van der Waals surface area contributed by atoms with Crippen molar-refractivity contribution in [2.45, 2.75) is 19.4 Å². The molecule has 0 radical (unpaired) electrons. The molecule has 5 heteroatoms. The molecule has 0 spiro atoms. The van der Waals surface area contributed by atoms with Gasteiger partial charge in [-0.25, -0.2) is 4.79 Å². The maximum Gasteiger partial charge on any atom is 0.314 e. The summed E-state index contributed by atoms with van der Waals surface area (Å²) in [7, 11) is 0. The average molecular weight is 304 g/mol. The van der Waals surface area contributed by atoms with Crippen LogP contribution in [-0.4, -0.2) is 24.2 Å². The first-order valence-electron chi connectivity index (χ1n) is 6.92.